The zero-order valence-electron chi connectivity index (χ0n) is 9.72. The third kappa shape index (κ3) is 3.57. The summed E-state index contributed by atoms with van der Waals surface area (Å²) in [7, 11) is 0. The van der Waals surface area contributed by atoms with Gasteiger partial charge in [0, 0.05) is 6.54 Å². The van der Waals surface area contributed by atoms with Gasteiger partial charge in [-0.3, -0.25) is 0 Å². The van der Waals surface area contributed by atoms with Gasteiger partial charge in [-0.15, -0.1) is 0 Å². The lowest BCUT2D eigenvalue weighted by atomic mass is 10.2. The third-order valence-electron chi connectivity index (χ3n) is 2.23. The van der Waals surface area contributed by atoms with Crippen LogP contribution in [0.25, 0.3) is 0 Å². The quantitative estimate of drug-likeness (QED) is 0.823. The minimum absolute atomic E-state index is 0.593. The Balaban J connectivity index is 1.84. The molecule has 90 valence electrons. The second kappa shape index (κ2) is 6.00. The minimum atomic E-state index is 0.593. The van der Waals surface area contributed by atoms with Gasteiger partial charge in [0.25, 0.3) is 0 Å². The van der Waals surface area contributed by atoms with Crippen LogP contribution in [0, 0.1) is 0 Å². The third-order valence-corrected chi connectivity index (χ3v) is 2.23. The molecule has 1 aromatic carbocycles. The lowest BCUT2D eigenvalue weighted by Crippen LogP contribution is -2.13. The molecule has 0 amide bonds. The first kappa shape index (κ1) is 11.6. The van der Waals surface area contributed by atoms with Crippen molar-refractivity contribution in [2.24, 2.45) is 0 Å². The van der Waals surface area contributed by atoms with Gasteiger partial charge in [-0.1, -0.05) is 17.3 Å². The van der Waals surface area contributed by atoms with Crippen molar-refractivity contribution in [3.63, 3.8) is 0 Å². The van der Waals surface area contributed by atoms with E-state index in [2.05, 4.69) is 20.0 Å². The maximum Gasteiger partial charge on any atom is 0.213 e. The van der Waals surface area contributed by atoms with E-state index in [4.69, 9.17) is 4.74 Å². The van der Waals surface area contributed by atoms with Crippen LogP contribution in [0.15, 0.2) is 35.2 Å². The van der Waals surface area contributed by atoms with Crippen molar-refractivity contribution in [3.05, 3.63) is 42.0 Å². The number of hydrogen-bond donors (Lipinski definition) is 1. The van der Waals surface area contributed by atoms with E-state index in [-0.39, 0.29) is 0 Å². The first-order valence-corrected chi connectivity index (χ1v) is 5.56. The Labute approximate surface area is 99.8 Å². The van der Waals surface area contributed by atoms with Gasteiger partial charge in [-0.2, -0.15) is 4.98 Å². The van der Waals surface area contributed by atoms with Crippen LogP contribution in [-0.2, 0) is 13.1 Å². The number of ether oxygens (including phenoxy) is 1. The van der Waals surface area contributed by atoms with Crippen molar-refractivity contribution in [1.29, 1.82) is 0 Å². The predicted molar refractivity (Wildman–Crippen MR) is 62.5 cm³/mol. The Bertz CT molecular complexity index is 443. The number of nitrogens with one attached hydrogen (secondary N) is 1. The van der Waals surface area contributed by atoms with Gasteiger partial charge in [0.2, 0.25) is 6.39 Å². The Kier molecular flexibility index (Phi) is 4.10. The van der Waals surface area contributed by atoms with Crippen molar-refractivity contribution in [2.75, 3.05) is 6.61 Å². The second-order valence-corrected chi connectivity index (χ2v) is 3.53. The number of hydrogen-bond acceptors (Lipinski definition) is 5. The molecule has 0 saturated carbocycles. The molecule has 0 spiro atoms. The molecule has 0 fully saturated rings. The fourth-order valence-electron chi connectivity index (χ4n) is 1.50. The Morgan fingerprint density at radius 2 is 2.29 bits per heavy atom. The molecule has 2 rings (SSSR count). The number of benzene rings is 1. The predicted octanol–water partition coefficient (Wildman–Crippen LogP) is 1.76. The van der Waals surface area contributed by atoms with E-state index in [1.54, 1.807) is 0 Å². The van der Waals surface area contributed by atoms with E-state index < -0.39 is 0 Å². The summed E-state index contributed by atoms with van der Waals surface area (Å²) in [5.74, 6) is 1.55. The zero-order valence-corrected chi connectivity index (χ0v) is 9.72. The monoisotopic (exact) mass is 233 g/mol. The lowest BCUT2D eigenvalue weighted by Gasteiger charge is -2.06. The molecule has 1 aromatic heterocycles. The SMILES string of the molecule is CCOc1cccc(CNCc2ncon2)c1. The molecular weight excluding hydrogens is 218 g/mol. The maximum absolute atomic E-state index is 5.43. The van der Waals surface area contributed by atoms with E-state index in [0.29, 0.717) is 19.0 Å². The fraction of sp³-hybridized carbons (Fsp3) is 0.333. The van der Waals surface area contributed by atoms with Gasteiger partial charge < -0.3 is 14.6 Å². The molecule has 5 heteroatoms. The molecule has 2 aromatic rings. The van der Waals surface area contributed by atoms with Crippen LogP contribution < -0.4 is 10.1 Å². The first-order valence-electron chi connectivity index (χ1n) is 5.56. The molecule has 0 bridgehead atoms. The van der Waals surface area contributed by atoms with Crippen molar-refractivity contribution in [3.8, 4) is 5.75 Å². The number of rotatable bonds is 6. The second-order valence-electron chi connectivity index (χ2n) is 3.53. The van der Waals surface area contributed by atoms with E-state index in [1.807, 2.05) is 31.2 Å². The van der Waals surface area contributed by atoms with Crippen molar-refractivity contribution in [1.82, 2.24) is 15.5 Å². The van der Waals surface area contributed by atoms with Crippen LogP contribution in [0.5, 0.6) is 5.75 Å². The summed E-state index contributed by atoms with van der Waals surface area (Å²) in [4.78, 5) is 3.93. The largest absolute Gasteiger partial charge is 0.494 e. The normalized spacial score (nSPS) is 10.4. The van der Waals surface area contributed by atoms with Crippen molar-refractivity contribution < 1.29 is 9.26 Å². The van der Waals surface area contributed by atoms with Crippen LogP contribution in [0.2, 0.25) is 0 Å². The van der Waals surface area contributed by atoms with Gasteiger partial charge in [-0.05, 0) is 24.6 Å². The van der Waals surface area contributed by atoms with E-state index in [1.165, 1.54) is 12.0 Å². The summed E-state index contributed by atoms with van der Waals surface area (Å²) < 4.78 is 10.1. The zero-order chi connectivity index (χ0) is 11.9. The summed E-state index contributed by atoms with van der Waals surface area (Å²) in [6.45, 7) is 3.99. The maximum atomic E-state index is 5.43. The average Bonchev–Trinajstić information content (AvgIpc) is 2.83. The standard InChI is InChI=1S/C12H15N3O2/c1-2-16-11-5-3-4-10(6-11)7-13-8-12-14-9-17-15-12/h3-6,9,13H,2,7-8H2,1H3. The molecule has 0 aliphatic rings. The molecule has 5 nitrogen and oxygen atoms in total. The van der Waals surface area contributed by atoms with E-state index in [0.717, 1.165) is 12.3 Å². The smallest absolute Gasteiger partial charge is 0.213 e. The van der Waals surface area contributed by atoms with E-state index in [9.17, 15) is 0 Å². The highest BCUT2D eigenvalue weighted by atomic mass is 16.5. The van der Waals surface area contributed by atoms with Crippen molar-refractivity contribution >= 4 is 0 Å². The molecule has 0 unspecified atom stereocenters. The summed E-state index contributed by atoms with van der Waals surface area (Å²) in [5, 5.41) is 6.95. The Hall–Kier alpha value is -1.88. The van der Waals surface area contributed by atoms with Gasteiger partial charge in [0.15, 0.2) is 5.82 Å². The van der Waals surface area contributed by atoms with Gasteiger partial charge in [0.1, 0.15) is 5.75 Å². The summed E-state index contributed by atoms with van der Waals surface area (Å²) in [5.41, 5.74) is 1.17. The van der Waals surface area contributed by atoms with Crippen LogP contribution in [0.1, 0.15) is 18.3 Å². The minimum Gasteiger partial charge on any atom is -0.494 e. The Morgan fingerprint density at radius 1 is 1.35 bits per heavy atom. The van der Waals surface area contributed by atoms with Crippen LogP contribution >= 0.6 is 0 Å². The number of aromatic nitrogens is 2. The van der Waals surface area contributed by atoms with Gasteiger partial charge in [-0.25, -0.2) is 0 Å². The molecule has 1 N–H and O–H groups in total. The highest BCUT2D eigenvalue weighted by Gasteiger charge is 1.99. The highest BCUT2D eigenvalue weighted by Crippen LogP contribution is 2.12. The van der Waals surface area contributed by atoms with Gasteiger partial charge >= 0.3 is 0 Å². The fourth-order valence-corrected chi connectivity index (χ4v) is 1.50. The first-order chi connectivity index (χ1) is 8.38. The summed E-state index contributed by atoms with van der Waals surface area (Å²) >= 11 is 0. The van der Waals surface area contributed by atoms with Crippen LogP contribution in [-0.4, -0.2) is 16.7 Å². The molecular formula is C12H15N3O2. The lowest BCUT2D eigenvalue weighted by molar-refractivity contribution is 0.340. The topological polar surface area (TPSA) is 60.2 Å². The van der Waals surface area contributed by atoms with Crippen molar-refractivity contribution in [2.45, 2.75) is 20.0 Å². The van der Waals surface area contributed by atoms with E-state index >= 15 is 0 Å². The molecule has 0 aliphatic carbocycles. The number of nitrogens with zero attached hydrogens (tertiary/aromatic N) is 2. The summed E-state index contributed by atoms with van der Waals surface area (Å²) in [6, 6.07) is 8.00. The highest BCUT2D eigenvalue weighted by molar-refractivity contribution is 5.28. The van der Waals surface area contributed by atoms with Crippen LogP contribution in [0.3, 0.4) is 0 Å². The van der Waals surface area contributed by atoms with Gasteiger partial charge in [0.05, 0.1) is 13.2 Å². The molecule has 0 saturated heterocycles. The molecule has 17 heavy (non-hydrogen) atoms. The average molecular weight is 233 g/mol. The van der Waals surface area contributed by atoms with Crippen LogP contribution in [0.4, 0.5) is 0 Å². The molecule has 1 heterocycles. The molecule has 0 radical (unpaired) electrons. The molecule has 0 atom stereocenters. The molecule has 0 aliphatic heterocycles. The summed E-state index contributed by atoms with van der Waals surface area (Å²) in [6.07, 6.45) is 1.33. The Morgan fingerprint density at radius 3 is 3.06 bits per heavy atom.